The Morgan fingerprint density at radius 2 is 1.67 bits per heavy atom. The standard InChI is InChI=1S/C16H16Cl2N2O/c1-9-3-5-11(6-4-9)10(2)20-16(21)12-7-13(17)15(19)14(18)8-12/h3-8,10H,19H2,1-2H3,(H,20,21)/t10-/m0/s1. The number of aryl methyl sites for hydroxylation is 1. The Morgan fingerprint density at radius 1 is 1.14 bits per heavy atom. The monoisotopic (exact) mass is 322 g/mol. The van der Waals surface area contributed by atoms with E-state index in [1.807, 2.05) is 38.1 Å². The third kappa shape index (κ3) is 3.69. The molecule has 2 aromatic rings. The second-order valence-corrected chi connectivity index (χ2v) is 5.77. The summed E-state index contributed by atoms with van der Waals surface area (Å²) in [5.74, 6) is -0.244. The molecular formula is C16H16Cl2N2O. The van der Waals surface area contributed by atoms with Crippen molar-refractivity contribution in [3.8, 4) is 0 Å². The number of nitrogens with two attached hydrogens (primary N) is 1. The number of benzene rings is 2. The Morgan fingerprint density at radius 3 is 2.19 bits per heavy atom. The third-order valence-electron chi connectivity index (χ3n) is 3.27. The predicted molar refractivity (Wildman–Crippen MR) is 87.9 cm³/mol. The molecule has 3 N–H and O–H groups in total. The van der Waals surface area contributed by atoms with Gasteiger partial charge in [0.15, 0.2) is 0 Å². The minimum absolute atomic E-state index is 0.117. The van der Waals surface area contributed by atoms with E-state index in [0.717, 1.165) is 5.56 Å². The van der Waals surface area contributed by atoms with Gasteiger partial charge in [-0.1, -0.05) is 53.0 Å². The van der Waals surface area contributed by atoms with Crippen LogP contribution in [0, 0.1) is 6.92 Å². The van der Waals surface area contributed by atoms with Crippen LogP contribution < -0.4 is 11.1 Å². The van der Waals surface area contributed by atoms with E-state index in [1.54, 1.807) is 0 Å². The van der Waals surface area contributed by atoms with Crippen molar-refractivity contribution >= 4 is 34.8 Å². The smallest absolute Gasteiger partial charge is 0.251 e. The molecule has 21 heavy (non-hydrogen) atoms. The van der Waals surface area contributed by atoms with Crippen molar-refractivity contribution in [2.24, 2.45) is 0 Å². The molecule has 0 aliphatic rings. The van der Waals surface area contributed by atoms with Crippen LogP contribution in [0.4, 0.5) is 5.69 Å². The summed E-state index contributed by atoms with van der Waals surface area (Å²) in [5, 5.41) is 3.46. The summed E-state index contributed by atoms with van der Waals surface area (Å²) in [6.07, 6.45) is 0. The molecule has 110 valence electrons. The Labute approximate surface area is 134 Å². The lowest BCUT2D eigenvalue weighted by atomic mass is 10.1. The van der Waals surface area contributed by atoms with Crippen LogP contribution in [-0.4, -0.2) is 5.91 Å². The summed E-state index contributed by atoms with van der Waals surface area (Å²) in [7, 11) is 0. The fourth-order valence-electron chi connectivity index (χ4n) is 1.93. The first kappa shape index (κ1) is 15.7. The van der Waals surface area contributed by atoms with Crippen LogP contribution in [0.25, 0.3) is 0 Å². The molecule has 0 saturated heterocycles. The molecule has 0 fully saturated rings. The topological polar surface area (TPSA) is 55.1 Å². The summed E-state index contributed by atoms with van der Waals surface area (Å²) in [5.41, 5.74) is 8.53. The number of rotatable bonds is 3. The molecule has 0 saturated carbocycles. The summed E-state index contributed by atoms with van der Waals surface area (Å²) < 4.78 is 0. The van der Waals surface area contributed by atoms with Gasteiger partial charge in [0.25, 0.3) is 5.91 Å². The lowest BCUT2D eigenvalue weighted by Crippen LogP contribution is -2.26. The van der Waals surface area contributed by atoms with Crippen LogP contribution in [-0.2, 0) is 0 Å². The largest absolute Gasteiger partial charge is 0.396 e. The Hall–Kier alpha value is -1.71. The molecule has 2 aromatic carbocycles. The van der Waals surface area contributed by atoms with Crippen molar-refractivity contribution in [3.63, 3.8) is 0 Å². The van der Waals surface area contributed by atoms with Gasteiger partial charge in [0, 0.05) is 5.56 Å². The molecule has 0 unspecified atom stereocenters. The van der Waals surface area contributed by atoms with Crippen LogP contribution in [0.5, 0.6) is 0 Å². The van der Waals surface area contributed by atoms with Crippen molar-refractivity contribution in [1.29, 1.82) is 0 Å². The number of nitrogens with one attached hydrogen (secondary N) is 1. The summed E-state index contributed by atoms with van der Waals surface area (Å²) >= 11 is 11.9. The fraction of sp³-hybridized carbons (Fsp3) is 0.188. The van der Waals surface area contributed by atoms with Crippen molar-refractivity contribution in [1.82, 2.24) is 5.32 Å². The van der Waals surface area contributed by atoms with Gasteiger partial charge < -0.3 is 11.1 Å². The number of amides is 1. The normalized spacial score (nSPS) is 12.0. The first-order chi connectivity index (χ1) is 9.88. The van der Waals surface area contributed by atoms with Crippen molar-refractivity contribution in [2.45, 2.75) is 19.9 Å². The summed E-state index contributed by atoms with van der Waals surface area (Å²) in [6.45, 7) is 3.94. The highest BCUT2D eigenvalue weighted by Gasteiger charge is 2.14. The number of carbonyl (C=O) groups excluding carboxylic acids is 1. The van der Waals surface area contributed by atoms with E-state index in [9.17, 15) is 4.79 Å². The molecular weight excluding hydrogens is 307 g/mol. The lowest BCUT2D eigenvalue weighted by Gasteiger charge is -2.15. The van der Waals surface area contributed by atoms with E-state index in [2.05, 4.69) is 5.32 Å². The second-order valence-electron chi connectivity index (χ2n) is 4.96. The maximum Gasteiger partial charge on any atom is 0.251 e. The molecule has 1 atom stereocenters. The molecule has 1 amide bonds. The van der Waals surface area contributed by atoms with Gasteiger partial charge in [-0.2, -0.15) is 0 Å². The van der Waals surface area contributed by atoms with E-state index in [-0.39, 0.29) is 27.7 Å². The zero-order valence-electron chi connectivity index (χ0n) is 11.8. The molecule has 0 radical (unpaired) electrons. The highest BCUT2D eigenvalue weighted by atomic mass is 35.5. The first-order valence-corrected chi connectivity index (χ1v) is 7.26. The van der Waals surface area contributed by atoms with Gasteiger partial charge in [0.1, 0.15) is 0 Å². The van der Waals surface area contributed by atoms with Gasteiger partial charge in [0.05, 0.1) is 21.8 Å². The average Bonchev–Trinajstić information content (AvgIpc) is 2.44. The van der Waals surface area contributed by atoms with Crippen LogP contribution in [0.15, 0.2) is 36.4 Å². The molecule has 0 bridgehead atoms. The molecule has 0 aromatic heterocycles. The highest BCUT2D eigenvalue weighted by Crippen LogP contribution is 2.29. The van der Waals surface area contributed by atoms with Crippen LogP contribution in [0.2, 0.25) is 10.0 Å². The molecule has 0 aliphatic carbocycles. The van der Waals surface area contributed by atoms with E-state index in [4.69, 9.17) is 28.9 Å². The van der Waals surface area contributed by atoms with Gasteiger partial charge in [-0.15, -0.1) is 0 Å². The molecule has 3 nitrogen and oxygen atoms in total. The minimum Gasteiger partial charge on any atom is -0.396 e. The number of nitrogen functional groups attached to an aromatic ring is 1. The van der Waals surface area contributed by atoms with E-state index >= 15 is 0 Å². The number of carbonyl (C=O) groups is 1. The van der Waals surface area contributed by atoms with Gasteiger partial charge in [-0.25, -0.2) is 0 Å². The zero-order valence-corrected chi connectivity index (χ0v) is 13.3. The molecule has 0 spiro atoms. The molecule has 0 heterocycles. The first-order valence-electron chi connectivity index (χ1n) is 6.50. The Kier molecular flexibility index (Phi) is 4.76. The maximum absolute atomic E-state index is 12.2. The van der Waals surface area contributed by atoms with Gasteiger partial charge >= 0.3 is 0 Å². The van der Waals surface area contributed by atoms with Crippen LogP contribution >= 0.6 is 23.2 Å². The van der Waals surface area contributed by atoms with Crippen molar-refractivity contribution < 1.29 is 4.79 Å². The zero-order chi connectivity index (χ0) is 15.6. The van der Waals surface area contributed by atoms with Crippen LogP contribution in [0.3, 0.4) is 0 Å². The van der Waals surface area contributed by atoms with Gasteiger partial charge in [-0.05, 0) is 31.5 Å². The Bertz CT molecular complexity index is 645. The summed E-state index contributed by atoms with van der Waals surface area (Å²) in [4.78, 5) is 12.2. The average molecular weight is 323 g/mol. The lowest BCUT2D eigenvalue weighted by molar-refractivity contribution is 0.0940. The van der Waals surface area contributed by atoms with Crippen LogP contribution in [0.1, 0.15) is 34.5 Å². The quantitative estimate of drug-likeness (QED) is 0.824. The number of hydrogen-bond acceptors (Lipinski definition) is 2. The Balaban J connectivity index is 2.16. The summed E-state index contributed by atoms with van der Waals surface area (Å²) in [6, 6.07) is 10.9. The molecule has 2 rings (SSSR count). The van der Waals surface area contributed by atoms with Gasteiger partial charge in [-0.3, -0.25) is 4.79 Å². The SMILES string of the molecule is Cc1ccc([C@H](C)NC(=O)c2cc(Cl)c(N)c(Cl)c2)cc1. The predicted octanol–water partition coefficient (Wildman–Crippen LogP) is 4.38. The fourth-order valence-corrected chi connectivity index (χ4v) is 2.42. The molecule has 5 heteroatoms. The van der Waals surface area contributed by atoms with E-state index < -0.39 is 0 Å². The number of halogens is 2. The van der Waals surface area contributed by atoms with E-state index in [0.29, 0.717) is 5.56 Å². The van der Waals surface area contributed by atoms with Crippen molar-refractivity contribution in [3.05, 3.63) is 63.1 Å². The number of anilines is 1. The highest BCUT2D eigenvalue weighted by molar-refractivity contribution is 6.39. The minimum atomic E-state index is -0.244. The van der Waals surface area contributed by atoms with Crippen molar-refractivity contribution in [2.75, 3.05) is 5.73 Å². The maximum atomic E-state index is 12.2. The second kappa shape index (κ2) is 6.37. The molecule has 0 aliphatic heterocycles. The van der Waals surface area contributed by atoms with E-state index in [1.165, 1.54) is 17.7 Å². The number of hydrogen-bond donors (Lipinski definition) is 2. The van der Waals surface area contributed by atoms with Gasteiger partial charge in [0.2, 0.25) is 0 Å². The third-order valence-corrected chi connectivity index (χ3v) is 3.89.